The van der Waals surface area contributed by atoms with E-state index < -0.39 is 0 Å². The van der Waals surface area contributed by atoms with Crippen molar-refractivity contribution in [1.29, 1.82) is 0 Å². The van der Waals surface area contributed by atoms with E-state index in [2.05, 4.69) is 10.2 Å². The standard InChI is InChI=1S/C12H15ClN2O3/c13-9-5-10-12(18-7-17-10)8(11(9)16)6-15-3-1-14-2-4-15/h5,14,16H,1-4,6-7H2. The first-order valence-electron chi connectivity index (χ1n) is 5.98. The molecule has 18 heavy (non-hydrogen) atoms. The molecule has 0 spiro atoms. The highest BCUT2D eigenvalue weighted by Gasteiger charge is 2.25. The van der Waals surface area contributed by atoms with Gasteiger partial charge in [-0.2, -0.15) is 0 Å². The van der Waals surface area contributed by atoms with Crippen molar-refractivity contribution >= 4 is 11.6 Å². The SMILES string of the molecule is Oc1c(Cl)cc2c(c1CN1CCNCC1)OCO2. The molecule has 2 N–H and O–H groups in total. The molecule has 6 heteroatoms. The van der Waals surface area contributed by atoms with Gasteiger partial charge in [0.15, 0.2) is 11.5 Å². The van der Waals surface area contributed by atoms with E-state index in [1.807, 2.05) is 0 Å². The Balaban J connectivity index is 1.90. The molecule has 1 saturated heterocycles. The fraction of sp³-hybridized carbons (Fsp3) is 0.500. The highest BCUT2D eigenvalue weighted by atomic mass is 35.5. The van der Waals surface area contributed by atoms with Crippen LogP contribution in [0.25, 0.3) is 0 Å². The molecule has 3 rings (SSSR count). The van der Waals surface area contributed by atoms with Crippen molar-refractivity contribution in [2.24, 2.45) is 0 Å². The summed E-state index contributed by atoms with van der Waals surface area (Å²) in [5, 5.41) is 13.7. The lowest BCUT2D eigenvalue weighted by Crippen LogP contribution is -2.42. The Morgan fingerprint density at radius 1 is 1.33 bits per heavy atom. The number of piperazine rings is 1. The monoisotopic (exact) mass is 270 g/mol. The maximum atomic E-state index is 10.1. The zero-order chi connectivity index (χ0) is 12.5. The van der Waals surface area contributed by atoms with Crippen molar-refractivity contribution in [1.82, 2.24) is 10.2 Å². The van der Waals surface area contributed by atoms with Gasteiger partial charge in [-0.25, -0.2) is 0 Å². The Labute approximate surface area is 110 Å². The van der Waals surface area contributed by atoms with Crippen LogP contribution in [0.2, 0.25) is 5.02 Å². The predicted octanol–water partition coefficient (Wildman–Crippen LogP) is 1.18. The second-order valence-electron chi connectivity index (χ2n) is 4.45. The molecule has 2 aliphatic heterocycles. The number of aromatic hydroxyl groups is 1. The third-order valence-electron chi connectivity index (χ3n) is 3.28. The molecular weight excluding hydrogens is 256 g/mol. The molecule has 0 bridgehead atoms. The van der Waals surface area contributed by atoms with Crippen LogP contribution in [-0.2, 0) is 6.54 Å². The fourth-order valence-corrected chi connectivity index (χ4v) is 2.52. The zero-order valence-corrected chi connectivity index (χ0v) is 10.7. The van der Waals surface area contributed by atoms with E-state index in [9.17, 15) is 5.11 Å². The summed E-state index contributed by atoms with van der Waals surface area (Å²) < 4.78 is 10.7. The number of phenolic OH excluding ortho intramolecular Hbond substituents is 1. The average molecular weight is 271 g/mol. The molecule has 0 unspecified atom stereocenters. The van der Waals surface area contributed by atoms with Crippen molar-refractivity contribution in [2.45, 2.75) is 6.54 Å². The number of phenols is 1. The number of benzene rings is 1. The number of ether oxygens (including phenoxy) is 2. The van der Waals surface area contributed by atoms with Crippen LogP contribution < -0.4 is 14.8 Å². The predicted molar refractivity (Wildman–Crippen MR) is 67.4 cm³/mol. The van der Waals surface area contributed by atoms with Gasteiger partial charge in [0, 0.05) is 38.8 Å². The number of rotatable bonds is 2. The van der Waals surface area contributed by atoms with E-state index >= 15 is 0 Å². The second kappa shape index (κ2) is 4.84. The number of halogens is 1. The highest BCUT2D eigenvalue weighted by molar-refractivity contribution is 6.32. The van der Waals surface area contributed by atoms with Crippen molar-refractivity contribution < 1.29 is 14.6 Å². The van der Waals surface area contributed by atoms with Crippen molar-refractivity contribution in [3.63, 3.8) is 0 Å². The van der Waals surface area contributed by atoms with Gasteiger partial charge in [-0.3, -0.25) is 4.90 Å². The number of hydrogen-bond donors (Lipinski definition) is 2. The normalized spacial score (nSPS) is 19.2. The summed E-state index contributed by atoms with van der Waals surface area (Å²) in [6.45, 7) is 4.62. The van der Waals surface area contributed by atoms with Crippen molar-refractivity contribution in [3.05, 3.63) is 16.7 Å². The first-order valence-corrected chi connectivity index (χ1v) is 6.36. The van der Waals surface area contributed by atoms with Gasteiger partial charge in [0.05, 0.1) is 10.6 Å². The third kappa shape index (κ3) is 2.09. The average Bonchev–Trinajstić information content (AvgIpc) is 2.84. The van der Waals surface area contributed by atoms with Crippen LogP contribution >= 0.6 is 11.6 Å². The third-order valence-corrected chi connectivity index (χ3v) is 3.56. The minimum Gasteiger partial charge on any atom is -0.506 e. The highest BCUT2D eigenvalue weighted by Crippen LogP contribution is 2.45. The zero-order valence-electron chi connectivity index (χ0n) is 9.91. The van der Waals surface area contributed by atoms with Crippen LogP contribution in [0, 0.1) is 0 Å². The Morgan fingerprint density at radius 3 is 2.89 bits per heavy atom. The van der Waals surface area contributed by atoms with Crippen LogP contribution in [0.15, 0.2) is 6.07 Å². The maximum Gasteiger partial charge on any atom is 0.231 e. The van der Waals surface area contributed by atoms with E-state index in [4.69, 9.17) is 21.1 Å². The number of fused-ring (bicyclic) bond motifs is 1. The van der Waals surface area contributed by atoms with Crippen LogP contribution in [0.1, 0.15) is 5.56 Å². The van der Waals surface area contributed by atoms with Gasteiger partial charge >= 0.3 is 0 Å². The van der Waals surface area contributed by atoms with E-state index in [0.717, 1.165) is 31.7 Å². The van der Waals surface area contributed by atoms with Gasteiger partial charge in [-0.1, -0.05) is 11.6 Å². The van der Waals surface area contributed by atoms with Gasteiger partial charge in [0.25, 0.3) is 0 Å². The Bertz CT molecular complexity index is 461. The summed E-state index contributed by atoms with van der Waals surface area (Å²) in [6.07, 6.45) is 0. The molecule has 0 radical (unpaired) electrons. The number of nitrogens with zero attached hydrogens (tertiary/aromatic N) is 1. The molecule has 0 amide bonds. The Hall–Kier alpha value is -1.17. The second-order valence-corrected chi connectivity index (χ2v) is 4.85. The minimum atomic E-state index is 0.0967. The fourth-order valence-electron chi connectivity index (χ4n) is 2.31. The first kappa shape index (κ1) is 11.9. The summed E-state index contributed by atoms with van der Waals surface area (Å²) in [4.78, 5) is 2.25. The molecule has 0 atom stereocenters. The maximum absolute atomic E-state index is 10.1. The van der Waals surface area contributed by atoms with Gasteiger partial charge in [0.1, 0.15) is 5.75 Å². The lowest BCUT2D eigenvalue weighted by atomic mass is 10.1. The molecule has 98 valence electrons. The summed E-state index contributed by atoms with van der Waals surface area (Å²) in [6, 6.07) is 1.60. The minimum absolute atomic E-state index is 0.0967. The van der Waals surface area contributed by atoms with Gasteiger partial charge < -0.3 is 19.9 Å². The van der Waals surface area contributed by atoms with Gasteiger partial charge in [-0.05, 0) is 0 Å². The molecule has 1 fully saturated rings. The topological polar surface area (TPSA) is 54.0 Å². The molecule has 5 nitrogen and oxygen atoms in total. The van der Waals surface area contributed by atoms with Crippen molar-refractivity contribution in [2.75, 3.05) is 33.0 Å². The molecule has 0 aliphatic carbocycles. The lowest BCUT2D eigenvalue weighted by Gasteiger charge is -2.27. The lowest BCUT2D eigenvalue weighted by molar-refractivity contribution is 0.170. The molecular formula is C12H15ClN2O3. The quantitative estimate of drug-likeness (QED) is 0.845. The van der Waals surface area contributed by atoms with E-state index in [-0.39, 0.29) is 12.5 Å². The first-order chi connectivity index (χ1) is 8.75. The van der Waals surface area contributed by atoms with Crippen LogP contribution in [-0.4, -0.2) is 43.0 Å². The van der Waals surface area contributed by atoms with Crippen molar-refractivity contribution in [3.8, 4) is 17.2 Å². The molecule has 0 saturated carbocycles. The Kier molecular flexibility index (Phi) is 3.20. The van der Waals surface area contributed by atoms with Crippen LogP contribution in [0.5, 0.6) is 17.2 Å². The smallest absolute Gasteiger partial charge is 0.231 e. The van der Waals surface area contributed by atoms with E-state index in [1.165, 1.54) is 0 Å². The largest absolute Gasteiger partial charge is 0.506 e. The summed E-state index contributed by atoms with van der Waals surface area (Å²) in [5.74, 6) is 1.33. The molecule has 2 heterocycles. The molecule has 1 aromatic carbocycles. The van der Waals surface area contributed by atoms with Crippen LogP contribution in [0.3, 0.4) is 0 Å². The number of nitrogens with one attached hydrogen (secondary N) is 1. The van der Waals surface area contributed by atoms with Gasteiger partial charge in [0.2, 0.25) is 6.79 Å². The summed E-state index contributed by atoms with van der Waals surface area (Å²) in [7, 11) is 0. The summed E-state index contributed by atoms with van der Waals surface area (Å²) >= 11 is 6.00. The van der Waals surface area contributed by atoms with E-state index in [1.54, 1.807) is 6.07 Å². The Morgan fingerprint density at radius 2 is 2.11 bits per heavy atom. The van der Waals surface area contributed by atoms with Crippen LogP contribution in [0.4, 0.5) is 0 Å². The number of hydrogen-bond acceptors (Lipinski definition) is 5. The molecule has 2 aliphatic rings. The van der Waals surface area contributed by atoms with E-state index in [0.29, 0.717) is 23.1 Å². The van der Waals surface area contributed by atoms with Gasteiger partial charge in [-0.15, -0.1) is 0 Å². The summed E-state index contributed by atoms with van der Waals surface area (Å²) in [5.41, 5.74) is 0.719. The molecule has 0 aromatic heterocycles. The molecule has 1 aromatic rings.